The standard InChI is InChI=1S/C12H11BrN2O/c1-2-9-4-3-5-10(6-9)16-12-11(13)7-14-8-15-12/h3-8H,2H2,1H3. The Labute approximate surface area is 103 Å². The Morgan fingerprint density at radius 2 is 2.25 bits per heavy atom. The summed E-state index contributed by atoms with van der Waals surface area (Å²) in [5.74, 6) is 1.32. The molecule has 0 fully saturated rings. The van der Waals surface area contributed by atoms with E-state index in [2.05, 4.69) is 38.9 Å². The summed E-state index contributed by atoms with van der Waals surface area (Å²) in [6.45, 7) is 2.11. The third-order valence-corrected chi connectivity index (χ3v) is 2.70. The van der Waals surface area contributed by atoms with Gasteiger partial charge in [-0.1, -0.05) is 19.1 Å². The Morgan fingerprint density at radius 1 is 1.38 bits per heavy atom. The van der Waals surface area contributed by atoms with Crippen molar-refractivity contribution in [1.82, 2.24) is 9.97 Å². The van der Waals surface area contributed by atoms with Crippen molar-refractivity contribution in [2.45, 2.75) is 13.3 Å². The highest BCUT2D eigenvalue weighted by Gasteiger charge is 2.03. The molecular formula is C12H11BrN2O. The molecule has 1 aromatic heterocycles. The molecule has 0 radical (unpaired) electrons. The summed E-state index contributed by atoms with van der Waals surface area (Å²) in [6.07, 6.45) is 4.11. The van der Waals surface area contributed by atoms with Gasteiger partial charge in [-0.2, -0.15) is 0 Å². The van der Waals surface area contributed by atoms with Crippen molar-refractivity contribution in [2.24, 2.45) is 0 Å². The number of halogens is 1. The van der Waals surface area contributed by atoms with Crippen LogP contribution in [0.15, 0.2) is 41.3 Å². The van der Waals surface area contributed by atoms with E-state index in [0.29, 0.717) is 5.88 Å². The minimum atomic E-state index is 0.531. The van der Waals surface area contributed by atoms with Gasteiger partial charge in [-0.05, 0) is 40.0 Å². The highest BCUT2D eigenvalue weighted by atomic mass is 79.9. The second-order valence-corrected chi connectivity index (χ2v) is 4.13. The summed E-state index contributed by atoms with van der Waals surface area (Å²) in [6, 6.07) is 7.97. The minimum Gasteiger partial charge on any atom is -0.438 e. The monoisotopic (exact) mass is 278 g/mol. The lowest BCUT2D eigenvalue weighted by molar-refractivity contribution is 0.457. The lowest BCUT2D eigenvalue weighted by atomic mass is 10.2. The summed E-state index contributed by atoms with van der Waals surface area (Å²) in [4.78, 5) is 7.93. The molecule has 0 aliphatic carbocycles. The number of ether oxygens (including phenoxy) is 1. The van der Waals surface area contributed by atoms with Crippen LogP contribution in [0, 0.1) is 0 Å². The predicted molar refractivity (Wildman–Crippen MR) is 65.6 cm³/mol. The van der Waals surface area contributed by atoms with Crippen molar-refractivity contribution in [3.63, 3.8) is 0 Å². The quantitative estimate of drug-likeness (QED) is 0.861. The summed E-state index contributed by atoms with van der Waals surface area (Å²) in [5, 5.41) is 0. The molecule has 0 spiro atoms. The molecule has 0 aliphatic rings. The van der Waals surface area contributed by atoms with Crippen LogP contribution in [-0.4, -0.2) is 9.97 Å². The number of aryl methyl sites for hydroxylation is 1. The molecule has 16 heavy (non-hydrogen) atoms. The van der Waals surface area contributed by atoms with Crippen LogP contribution in [0.4, 0.5) is 0 Å². The van der Waals surface area contributed by atoms with E-state index in [1.807, 2.05) is 18.2 Å². The second-order valence-electron chi connectivity index (χ2n) is 3.28. The predicted octanol–water partition coefficient (Wildman–Crippen LogP) is 3.59. The Kier molecular flexibility index (Phi) is 3.51. The smallest absolute Gasteiger partial charge is 0.236 e. The van der Waals surface area contributed by atoms with Crippen LogP contribution in [-0.2, 0) is 6.42 Å². The van der Waals surface area contributed by atoms with Gasteiger partial charge in [0.1, 0.15) is 12.1 Å². The van der Waals surface area contributed by atoms with Gasteiger partial charge in [-0.3, -0.25) is 0 Å². The van der Waals surface area contributed by atoms with Gasteiger partial charge in [0.2, 0.25) is 5.88 Å². The van der Waals surface area contributed by atoms with Crippen molar-refractivity contribution in [1.29, 1.82) is 0 Å². The van der Waals surface area contributed by atoms with Gasteiger partial charge >= 0.3 is 0 Å². The number of rotatable bonds is 3. The molecule has 3 nitrogen and oxygen atoms in total. The number of hydrogen-bond donors (Lipinski definition) is 0. The third-order valence-electron chi connectivity index (χ3n) is 2.16. The second kappa shape index (κ2) is 5.07. The summed E-state index contributed by atoms with van der Waals surface area (Å²) >= 11 is 3.34. The van der Waals surface area contributed by atoms with Gasteiger partial charge < -0.3 is 4.74 Å². The van der Waals surface area contributed by atoms with Crippen molar-refractivity contribution >= 4 is 15.9 Å². The lowest BCUT2D eigenvalue weighted by Crippen LogP contribution is -1.90. The molecule has 0 saturated carbocycles. The Balaban J connectivity index is 2.24. The average Bonchev–Trinajstić information content (AvgIpc) is 2.32. The Hall–Kier alpha value is -1.42. The van der Waals surface area contributed by atoms with Gasteiger partial charge in [0.05, 0.1) is 4.47 Å². The van der Waals surface area contributed by atoms with Crippen LogP contribution >= 0.6 is 15.9 Å². The van der Waals surface area contributed by atoms with Crippen LogP contribution in [0.5, 0.6) is 11.6 Å². The topological polar surface area (TPSA) is 35.0 Å². The fourth-order valence-electron chi connectivity index (χ4n) is 1.32. The van der Waals surface area contributed by atoms with Crippen LogP contribution in [0.25, 0.3) is 0 Å². The highest BCUT2D eigenvalue weighted by molar-refractivity contribution is 9.10. The zero-order valence-corrected chi connectivity index (χ0v) is 10.4. The van der Waals surface area contributed by atoms with E-state index < -0.39 is 0 Å². The van der Waals surface area contributed by atoms with Crippen molar-refractivity contribution < 1.29 is 4.74 Å². The molecule has 4 heteroatoms. The molecule has 0 aliphatic heterocycles. The zero-order chi connectivity index (χ0) is 11.4. The van der Waals surface area contributed by atoms with E-state index in [1.165, 1.54) is 11.9 Å². The van der Waals surface area contributed by atoms with E-state index in [-0.39, 0.29) is 0 Å². The molecular weight excluding hydrogens is 268 g/mol. The molecule has 0 amide bonds. The number of benzene rings is 1. The molecule has 0 atom stereocenters. The number of hydrogen-bond acceptors (Lipinski definition) is 3. The van der Waals surface area contributed by atoms with Crippen molar-refractivity contribution in [3.8, 4) is 11.6 Å². The van der Waals surface area contributed by atoms with Gasteiger partial charge in [0.25, 0.3) is 0 Å². The van der Waals surface area contributed by atoms with Gasteiger partial charge in [0, 0.05) is 6.20 Å². The first kappa shape index (κ1) is 11.1. The van der Waals surface area contributed by atoms with Gasteiger partial charge in [-0.15, -0.1) is 0 Å². The van der Waals surface area contributed by atoms with Crippen LogP contribution in [0.2, 0.25) is 0 Å². The van der Waals surface area contributed by atoms with Crippen LogP contribution in [0.1, 0.15) is 12.5 Å². The zero-order valence-electron chi connectivity index (χ0n) is 8.85. The fraction of sp³-hybridized carbons (Fsp3) is 0.167. The largest absolute Gasteiger partial charge is 0.438 e. The van der Waals surface area contributed by atoms with E-state index in [9.17, 15) is 0 Å². The lowest BCUT2D eigenvalue weighted by Gasteiger charge is -2.06. The summed E-state index contributed by atoms with van der Waals surface area (Å²) in [5.41, 5.74) is 1.24. The molecule has 1 aromatic carbocycles. The summed E-state index contributed by atoms with van der Waals surface area (Å²) in [7, 11) is 0. The normalized spacial score (nSPS) is 10.1. The maximum atomic E-state index is 5.65. The molecule has 0 unspecified atom stereocenters. The molecule has 2 rings (SSSR count). The SMILES string of the molecule is CCc1cccc(Oc2ncncc2Br)c1. The van der Waals surface area contributed by atoms with Crippen LogP contribution < -0.4 is 4.74 Å². The van der Waals surface area contributed by atoms with E-state index >= 15 is 0 Å². The first-order valence-corrected chi connectivity index (χ1v) is 5.81. The van der Waals surface area contributed by atoms with Crippen LogP contribution in [0.3, 0.4) is 0 Å². The van der Waals surface area contributed by atoms with Gasteiger partial charge in [0.15, 0.2) is 0 Å². The molecule has 0 bridgehead atoms. The molecule has 2 aromatic rings. The van der Waals surface area contributed by atoms with Crippen molar-refractivity contribution in [3.05, 3.63) is 46.8 Å². The first-order valence-electron chi connectivity index (χ1n) is 5.02. The van der Waals surface area contributed by atoms with Gasteiger partial charge in [-0.25, -0.2) is 9.97 Å². The molecule has 82 valence electrons. The minimum absolute atomic E-state index is 0.531. The number of aromatic nitrogens is 2. The molecule has 0 saturated heterocycles. The molecule has 0 N–H and O–H groups in total. The van der Waals surface area contributed by atoms with Crippen molar-refractivity contribution in [2.75, 3.05) is 0 Å². The average molecular weight is 279 g/mol. The van der Waals surface area contributed by atoms with E-state index in [4.69, 9.17) is 4.74 Å². The highest BCUT2D eigenvalue weighted by Crippen LogP contribution is 2.26. The maximum Gasteiger partial charge on any atom is 0.236 e. The Bertz CT molecular complexity index is 488. The van der Waals surface area contributed by atoms with E-state index in [1.54, 1.807) is 6.20 Å². The van der Waals surface area contributed by atoms with E-state index in [0.717, 1.165) is 16.6 Å². The molecule has 1 heterocycles. The third kappa shape index (κ3) is 2.58. The first-order chi connectivity index (χ1) is 7.79. The summed E-state index contributed by atoms with van der Waals surface area (Å²) < 4.78 is 6.40. The fourth-order valence-corrected chi connectivity index (χ4v) is 1.62. The Morgan fingerprint density at radius 3 is 3.00 bits per heavy atom. The number of nitrogens with zero attached hydrogens (tertiary/aromatic N) is 2. The maximum absolute atomic E-state index is 5.65.